The van der Waals surface area contributed by atoms with E-state index in [1.807, 2.05) is 43.5 Å². The first kappa shape index (κ1) is 18.5. The van der Waals surface area contributed by atoms with E-state index in [0.29, 0.717) is 0 Å². The van der Waals surface area contributed by atoms with Gasteiger partial charge >= 0.3 is 6.03 Å². The van der Waals surface area contributed by atoms with Gasteiger partial charge in [0.2, 0.25) is 5.91 Å². The van der Waals surface area contributed by atoms with Crippen molar-refractivity contribution in [3.05, 3.63) is 54.1 Å². The van der Waals surface area contributed by atoms with Crippen molar-refractivity contribution in [1.29, 1.82) is 0 Å². The van der Waals surface area contributed by atoms with E-state index in [9.17, 15) is 9.59 Å². The van der Waals surface area contributed by atoms with Crippen LogP contribution in [0.4, 0.5) is 4.79 Å². The molecule has 0 aliphatic carbocycles. The fourth-order valence-corrected chi connectivity index (χ4v) is 2.48. The maximum atomic E-state index is 12.2. The number of carbonyl (C=O) groups is 2. The number of nitrogens with one attached hydrogen (secondary N) is 2. The minimum Gasteiger partial charge on any atom is -0.348 e. The number of rotatable bonds is 7. The molecule has 2 N–H and O–H groups in total. The Morgan fingerprint density at radius 1 is 1.24 bits per heavy atom. The summed E-state index contributed by atoms with van der Waals surface area (Å²) in [6, 6.07) is 9.40. The molecule has 0 saturated heterocycles. The van der Waals surface area contributed by atoms with Crippen molar-refractivity contribution < 1.29 is 9.59 Å². The van der Waals surface area contributed by atoms with Gasteiger partial charge in [0.05, 0.1) is 12.6 Å². The molecule has 7 nitrogen and oxygen atoms in total. The lowest BCUT2D eigenvalue weighted by molar-refractivity contribution is -0.120. The summed E-state index contributed by atoms with van der Waals surface area (Å²) < 4.78 is 2.05. The van der Waals surface area contributed by atoms with Crippen LogP contribution in [0.25, 0.3) is 0 Å². The number of hydrogen-bond donors (Lipinski definition) is 2. The van der Waals surface area contributed by atoms with Crippen molar-refractivity contribution in [1.82, 2.24) is 25.1 Å². The highest BCUT2D eigenvalue weighted by molar-refractivity contribution is 5.84. The van der Waals surface area contributed by atoms with Gasteiger partial charge in [-0.1, -0.05) is 30.3 Å². The van der Waals surface area contributed by atoms with Crippen molar-refractivity contribution in [3.63, 3.8) is 0 Å². The highest BCUT2D eigenvalue weighted by Gasteiger charge is 2.16. The van der Waals surface area contributed by atoms with Crippen LogP contribution < -0.4 is 10.6 Å². The quantitative estimate of drug-likeness (QED) is 0.803. The van der Waals surface area contributed by atoms with Crippen LogP contribution in [0.1, 0.15) is 23.9 Å². The van der Waals surface area contributed by atoms with E-state index in [2.05, 4.69) is 20.2 Å². The van der Waals surface area contributed by atoms with Crippen LogP contribution in [0, 0.1) is 6.92 Å². The molecular weight excluding hydrogens is 318 g/mol. The van der Waals surface area contributed by atoms with Crippen LogP contribution in [0.5, 0.6) is 0 Å². The molecule has 1 heterocycles. The minimum atomic E-state index is -0.291. The number of imidazole rings is 1. The molecule has 0 fully saturated rings. The Morgan fingerprint density at radius 3 is 2.56 bits per heavy atom. The monoisotopic (exact) mass is 343 g/mol. The largest absolute Gasteiger partial charge is 0.348 e. The lowest BCUT2D eigenvalue weighted by Gasteiger charge is -2.20. The molecule has 7 heteroatoms. The van der Waals surface area contributed by atoms with E-state index in [4.69, 9.17) is 0 Å². The van der Waals surface area contributed by atoms with Crippen LogP contribution >= 0.6 is 0 Å². The maximum absolute atomic E-state index is 12.2. The zero-order valence-corrected chi connectivity index (χ0v) is 14.9. The lowest BCUT2D eigenvalue weighted by Crippen LogP contribution is -2.42. The summed E-state index contributed by atoms with van der Waals surface area (Å²) in [4.78, 5) is 29.4. The highest BCUT2D eigenvalue weighted by Crippen LogP contribution is 2.17. The molecule has 0 spiro atoms. The highest BCUT2D eigenvalue weighted by atomic mass is 16.2. The summed E-state index contributed by atoms with van der Waals surface area (Å²) in [6.45, 7) is 2.65. The van der Waals surface area contributed by atoms with Crippen molar-refractivity contribution >= 4 is 11.9 Å². The third-order valence-corrected chi connectivity index (χ3v) is 3.93. The van der Waals surface area contributed by atoms with Gasteiger partial charge in [-0.25, -0.2) is 9.78 Å². The molecule has 0 aliphatic heterocycles. The summed E-state index contributed by atoms with van der Waals surface area (Å²) in [5.74, 6) is 0.725. The second kappa shape index (κ2) is 8.86. The molecule has 0 saturated carbocycles. The van der Waals surface area contributed by atoms with E-state index >= 15 is 0 Å². The van der Waals surface area contributed by atoms with E-state index < -0.39 is 0 Å². The zero-order chi connectivity index (χ0) is 18.2. The minimum absolute atomic E-state index is 0.0511. The van der Waals surface area contributed by atoms with Gasteiger partial charge in [0.1, 0.15) is 5.82 Å². The van der Waals surface area contributed by atoms with Gasteiger partial charge in [-0.3, -0.25) is 4.79 Å². The lowest BCUT2D eigenvalue weighted by atomic mass is 10.0. The first-order valence-corrected chi connectivity index (χ1v) is 8.24. The summed E-state index contributed by atoms with van der Waals surface area (Å²) >= 11 is 0. The molecule has 0 aliphatic rings. The predicted molar refractivity (Wildman–Crippen MR) is 96.0 cm³/mol. The number of aryl methyl sites for hydroxylation is 2. The van der Waals surface area contributed by atoms with E-state index in [1.54, 1.807) is 20.3 Å². The number of hydrogen-bond acceptors (Lipinski definition) is 3. The van der Waals surface area contributed by atoms with Crippen molar-refractivity contribution in [2.24, 2.45) is 0 Å². The number of nitrogens with zero attached hydrogens (tertiary/aromatic N) is 3. The maximum Gasteiger partial charge on any atom is 0.317 e. The number of urea groups is 1. The van der Waals surface area contributed by atoms with Crippen LogP contribution in [0.15, 0.2) is 42.7 Å². The molecule has 1 aromatic carbocycles. The normalized spacial score (nSPS) is 11.6. The first-order valence-electron chi connectivity index (χ1n) is 8.24. The van der Waals surface area contributed by atoms with Gasteiger partial charge in [-0.2, -0.15) is 0 Å². The van der Waals surface area contributed by atoms with Crippen LogP contribution in [0.3, 0.4) is 0 Å². The molecule has 25 heavy (non-hydrogen) atoms. The zero-order valence-electron chi connectivity index (χ0n) is 14.9. The summed E-state index contributed by atoms with van der Waals surface area (Å²) in [5.41, 5.74) is 1.03. The Balaban J connectivity index is 1.98. The van der Waals surface area contributed by atoms with Gasteiger partial charge in [0.15, 0.2) is 0 Å². The predicted octanol–water partition coefficient (Wildman–Crippen LogP) is 1.71. The van der Waals surface area contributed by atoms with Gasteiger partial charge in [0.25, 0.3) is 0 Å². The van der Waals surface area contributed by atoms with E-state index in [1.165, 1.54) is 4.90 Å². The molecule has 1 unspecified atom stereocenters. The number of benzene rings is 1. The van der Waals surface area contributed by atoms with Crippen LogP contribution in [0.2, 0.25) is 0 Å². The second-order valence-electron chi connectivity index (χ2n) is 6.04. The SMILES string of the molecule is Cc1nccn1CCC(NC(=O)CNC(=O)N(C)C)c1ccccc1. The molecule has 2 rings (SSSR count). The molecule has 3 amide bonds. The van der Waals surface area contributed by atoms with Gasteiger partial charge in [-0.05, 0) is 18.9 Å². The van der Waals surface area contributed by atoms with Crippen LogP contribution in [-0.2, 0) is 11.3 Å². The van der Waals surface area contributed by atoms with E-state index in [-0.39, 0.29) is 24.5 Å². The third kappa shape index (κ3) is 5.63. The number of aromatic nitrogens is 2. The van der Waals surface area contributed by atoms with Crippen molar-refractivity contribution in [3.8, 4) is 0 Å². The average Bonchev–Trinajstić information content (AvgIpc) is 3.02. The van der Waals surface area contributed by atoms with Crippen molar-refractivity contribution in [2.75, 3.05) is 20.6 Å². The molecule has 0 bridgehead atoms. The molecule has 2 aromatic rings. The number of amides is 3. The fourth-order valence-electron chi connectivity index (χ4n) is 2.48. The molecule has 1 aromatic heterocycles. The number of carbonyl (C=O) groups excluding carboxylic acids is 2. The Morgan fingerprint density at radius 2 is 1.96 bits per heavy atom. The van der Waals surface area contributed by atoms with Gasteiger partial charge < -0.3 is 20.1 Å². The van der Waals surface area contributed by atoms with Crippen LogP contribution in [-0.4, -0.2) is 47.0 Å². The molecule has 1 atom stereocenters. The fraction of sp³-hybridized carbons (Fsp3) is 0.389. The second-order valence-corrected chi connectivity index (χ2v) is 6.04. The summed E-state index contributed by atoms with van der Waals surface area (Å²) in [6.07, 6.45) is 4.42. The van der Waals surface area contributed by atoms with Gasteiger partial charge in [0, 0.05) is 33.0 Å². The summed E-state index contributed by atoms with van der Waals surface area (Å²) in [7, 11) is 3.26. The Hall–Kier alpha value is -2.83. The van der Waals surface area contributed by atoms with Gasteiger partial charge in [-0.15, -0.1) is 0 Å². The smallest absolute Gasteiger partial charge is 0.317 e. The Kier molecular flexibility index (Phi) is 6.56. The standard InChI is InChI=1S/C18H25N5O2/c1-14-19-10-12-23(14)11-9-16(15-7-5-4-6-8-15)21-17(24)13-20-18(25)22(2)3/h4-8,10,12,16H,9,11,13H2,1-3H3,(H,20,25)(H,21,24). The van der Waals surface area contributed by atoms with Crippen molar-refractivity contribution in [2.45, 2.75) is 25.9 Å². The topological polar surface area (TPSA) is 79.3 Å². The Bertz CT molecular complexity index is 697. The Labute approximate surface area is 148 Å². The molecular formula is C18H25N5O2. The van der Waals surface area contributed by atoms with E-state index in [0.717, 1.165) is 24.4 Å². The third-order valence-electron chi connectivity index (χ3n) is 3.93. The molecule has 134 valence electrons. The summed E-state index contributed by atoms with van der Waals surface area (Å²) in [5, 5.41) is 5.58. The average molecular weight is 343 g/mol. The molecule has 0 radical (unpaired) electrons. The first-order chi connectivity index (χ1) is 12.0.